The number of benzene rings is 1. The van der Waals surface area contributed by atoms with Crippen LogP contribution in [0.15, 0.2) is 47.6 Å². The fourth-order valence-corrected chi connectivity index (χ4v) is 3.18. The van der Waals surface area contributed by atoms with Crippen molar-refractivity contribution in [2.45, 2.75) is 33.2 Å². The zero-order valence-corrected chi connectivity index (χ0v) is 20.5. The van der Waals surface area contributed by atoms with Crippen molar-refractivity contribution < 1.29 is 4.79 Å². The molecule has 0 spiro atoms. The third-order valence-corrected chi connectivity index (χ3v) is 4.74. The molecular formula is C22H30IN7O. The summed E-state index contributed by atoms with van der Waals surface area (Å²) < 4.78 is 2.23. The van der Waals surface area contributed by atoms with Crippen LogP contribution in [0.4, 0.5) is 5.82 Å². The van der Waals surface area contributed by atoms with E-state index in [2.05, 4.69) is 41.5 Å². The Morgan fingerprint density at radius 3 is 2.61 bits per heavy atom. The molecule has 1 aromatic carbocycles. The van der Waals surface area contributed by atoms with E-state index in [1.54, 1.807) is 19.3 Å². The number of hydrogen-bond acceptors (Lipinski definition) is 4. The maximum Gasteiger partial charge on any atom is 0.227 e. The van der Waals surface area contributed by atoms with E-state index >= 15 is 0 Å². The fourth-order valence-electron chi connectivity index (χ4n) is 3.18. The molecule has 0 saturated carbocycles. The summed E-state index contributed by atoms with van der Waals surface area (Å²) in [6.07, 6.45) is 2.99. The Morgan fingerprint density at radius 1 is 1.10 bits per heavy atom. The molecule has 0 bridgehead atoms. The predicted octanol–water partition coefficient (Wildman–Crippen LogP) is 3.25. The standard InChI is InChI=1S/C22H29N7O.HI/c1-16-9-10-20(26-15-16)28-21(30)11-13-25-22(23-3)24-12-6-14-29-17(2)27-18-7-4-5-8-19(18)29;/h4-5,7-10,15H,6,11-14H2,1-3H3,(H2,23,24,25)(H,26,28,30);1H. The number of imidazole rings is 1. The van der Waals surface area contributed by atoms with E-state index in [1.807, 2.05) is 38.1 Å². The zero-order chi connectivity index (χ0) is 21.3. The molecule has 31 heavy (non-hydrogen) atoms. The van der Waals surface area contributed by atoms with Gasteiger partial charge in [0.1, 0.15) is 11.6 Å². The highest BCUT2D eigenvalue weighted by Gasteiger charge is 2.07. The van der Waals surface area contributed by atoms with Crippen molar-refractivity contribution in [2.75, 3.05) is 25.5 Å². The topological polar surface area (TPSA) is 96.2 Å². The van der Waals surface area contributed by atoms with Crippen LogP contribution >= 0.6 is 24.0 Å². The van der Waals surface area contributed by atoms with Crippen LogP contribution in [0.25, 0.3) is 11.0 Å². The van der Waals surface area contributed by atoms with E-state index in [1.165, 1.54) is 0 Å². The maximum atomic E-state index is 12.0. The molecule has 8 nitrogen and oxygen atoms in total. The van der Waals surface area contributed by atoms with Crippen LogP contribution in [0.5, 0.6) is 0 Å². The van der Waals surface area contributed by atoms with Gasteiger partial charge in [0.15, 0.2) is 5.96 Å². The van der Waals surface area contributed by atoms with Gasteiger partial charge in [0.2, 0.25) is 5.91 Å². The average molecular weight is 535 g/mol. The molecule has 1 amide bonds. The van der Waals surface area contributed by atoms with Gasteiger partial charge >= 0.3 is 0 Å². The Labute approximate surface area is 200 Å². The molecule has 2 aromatic heterocycles. The lowest BCUT2D eigenvalue weighted by Crippen LogP contribution is -2.39. The number of carbonyl (C=O) groups is 1. The Bertz CT molecular complexity index is 1010. The lowest BCUT2D eigenvalue weighted by atomic mass is 10.3. The second kappa shape index (κ2) is 12.2. The van der Waals surface area contributed by atoms with Crippen molar-refractivity contribution >= 4 is 52.7 Å². The molecule has 2 heterocycles. The van der Waals surface area contributed by atoms with Crippen molar-refractivity contribution in [3.63, 3.8) is 0 Å². The number of hydrogen-bond donors (Lipinski definition) is 3. The first kappa shape index (κ1) is 24.6. The molecule has 3 aromatic rings. The van der Waals surface area contributed by atoms with E-state index < -0.39 is 0 Å². The number of aryl methyl sites for hydroxylation is 3. The van der Waals surface area contributed by atoms with E-state index in [9.17, 15) is 4.79 Å². The average Bonchev–Trinajstić information content (AvgIpc) is 3.06. The maximum absolute atomic E-state index is 12.0. The summed E-state index contributed by atoms with van der Waals surface area (Å²) in [7, 11) is 1.72. The molecule has 166 valence electrons. The van der Waals surface area contributed by atoms with Gasteiger partial charge in [-0.1, -0.05) is 18.2 Å². The van der Waals surface area contributed by atoms with Crippen LogP contribution in [-0.4, -0.2) is 46.5 Å². The second-order valence-electron chi connectivity index (χ2n) is 7.10. The summed E-state index contributed by atoms with van der Waals surface area (Å²) in [4.78, 5) is 25.0. The highest BCUT2D eigenvalue weighted by Crippen LogP contribution is 2.15. The molecule has 0 unspecified atom stereocenters. The molecule has 9 heteroatoms. The number of amides is 1. The first-order chi connectivity index (χ1) is 14.6. The van der Waals surface area contributed by atoms with Gasteiger partial charge in [-0.2, -0.15) is 0 Å². The first-order valence-electron chi connectivity index (χ1n) is 10.2. The number of aromatic nitrogens is 3. The summed E-state index contributed by atoms with van der Waals surface area (Å²) >= 11 is 0. The van der Waals surface area contributed by atoms with E-state index in [4.69, 9.17) is 0 Å². The molecule has 3 N–H and O–H groups in total. The van der Waals surface area contributed by atoms with Crippen LogP contribution in [0.2, 0.25) is 0 Å². The molecule has 0 atom stereocenters. The van der Waals surface area contributed by atoms with E-state index in [0.717, 1.165) is 41.9 Å². The largest absolute Gasteiger partial charge is 0.356 e. The minimum Gasteiger partial charge on any atom is -0.356 e. The SMILES string of the molecule is CN=C(NCCCn1c(C)nc2ccccc21)NCCC(=O)Nc1ccc(C)cn1.I. The summed E-state index contributed by atoms with van der Waals surface area (Å²) in [5.74, 6) is 2.18. The Kier molecular flexibility index (Phi) is 9.70. The summed E-state index contributed by atoms with van der Waals surface area (Å²) in [5, 5.41) is 9.25. The molecule has 3 rings (SSSR count). The summed E-state index contributed by atoms with van der Waals surface area (Å²) in [5.41, 5.74) is 3.24. The van der Waals surface area contributed by atoms with Gasteiger partial charge in [-0.15, -0.1) is 24.0 Å². The number of guanidine groups is 1. The lowest BCUT2D eigenvalue weighted by Gasteiger charge is -2.12. The van der Waals surface area contributed by atoms with Gasteiger partial charge < -0.3 is 20.5 Å². The van der Waals surface area contributed by atoms with Crippen LogP contribution in [0.1, 0.15) is 24.2 Å². The minimum absolute atomic E-state index is 0. The summed E-state index contributed by atoms with van der Waals surface area (Å²) in [6.45, 7) is 6.13. The van der Waals surface area contributed by atoms with Gasteiger partial charge in [-0.05, 0) is 44.0 Å². The lowest BCUT2D eigenvalue weighted by molar-refractivity contribution is -0.116. The van der Waals surface area contributed by atoms with Gasteiger partial charge in [-0.3, -0.25) is 9.79 Å². The van der Waals surface area contributed by atoms with Crippen molar-refractivity contribution in [1.82, 2.24) is 25.2 Å². The molecule has 0 radical (unpaired) electrons. The number of aliphatic imine (C=N–C) groups is 1. The molecular weight excluding hydrogens is 505 g/mol. The van der Waals surface area contributed by atoms with Crippen LogP contribution in [-0.2, 0) is 11.3 Å². The number of anilines is 1. The number of pyridine rings is 1. The molecule has 0 aliphatic carbocycles. The molecule has 0 fully saturated rings. The third-order valence-electron chi connectivity index (χ3n) is 4.74. The van der Waals surface area contributed by atoms with Gasteiger partial charge in [0.25, 0.3) is 0 Å². The van der Waals surface area contributed by atoms with Crippen LogP contribution in [0.3, 0.4) is 0 Å². The van der Waals surface area contributed by atoms with Crippen molar-refractivity contribution in [3.8, 4) is 0 Å². The van der Waals surface area contributed by atoms with Crippen molar-refractivity contribution in [1.29, 1.82) is 0 Å². The predicted molar refractivity (Wildman–Crippen MR) is 136 cm³/mol. The van der Waals surface area contributed by atoms with Gasteiger partial charge in [0, 0.05) is 39.3 Å². The second-order valence-corrected chi connectivity index (χ2v) is 7.10. The number of fused-ring (bicyclic) bond motifs is 1. The van der Waals surface area contributed by atoms with Crippen LogP contribution < -0.4 is 16.0 Å². The normalized spacial score (nSPS) is 11.1. The van der Waals surface area contributed by atoms with Crippen LogP contribution in [0, 0.1) is 13.8 Å². The van der Waals surface area contributed by atoms with Crippen molar-refractivity contribution in [3.05, 3.63) is 54.0 Å². The Balaban J connectivity index is 0.00000341. The van der Waals surface area contributed by atoms with Gasteiger partial charge in [-0.25, -0.2) is 9.97 Å². The molecule has 0 saturated heterocycles. The van der Waals surface area contributed by atoms with Gasteiger partial charge in [0.05, 0.1) is 11.0 Å². The van der Waals surface area contributed by atoms with E-state index in [0.29, 0.717) is 24.7 Å². The highest BCUT2D eigenvalue weighted by molar-refractivity contribution is 14.0. The molecule has 0 aliphatic heterocycles. The Morgan fingerprint density at radius 2 is 1.87 bits per heavy atom. The number of para-hydroxylation sites is 2. The quantitative estimate of drug-likeness (QED) is 0.178. The smallest absolute Gasteiger partial charge is 0.227 e. The number of carbonyl (C=O) groups excluding carboxylic acids is 1. The number of nitrogens with zero attached hydrogens (tertiary/aromatic N) is 4. The number of rotatable bonds is 8. The summed E-state index contributed by atoms with van der Waals surface area (Å²) in [6, 6.07) is 11.9. The highest BCUT2D eigenvalue weighted by atomic mass is 127. The fraction of sp³-hybridized carbons (Fsp3) is 0.364. The number of halogens is 1. The van der Waals surface area contributed by atoms with Crippen molar-refractivity contribution in [2.24, 2.45) is 4.99 Å². The number of nitrogens with one attached hydrogen (secondary N) is 3. The Hall–Kier alpha value is -2.69. The minimum atomic E-state index is -0.0863. The third kappa shape index (κ3) is 7.20. The monoisotopic (exact) mass is 535 g/mol. The first-order valence-corrected chi connectivity index (χ1v) is 10.2. The van der Waals surface area contributed by atoms with E-state index in [-0.39, 0.29) is 29.9 Å². The zero-order valence-electron chi connectivity index (χ0n) is 18.2. The molecule has 0 aliphatic rings.